The fourth-order valence-corrected chi connectivity index (χ4v) is 1.91. The molecule has 0 N–H and O–H groups in total. The number of rotatable bonds is 2. The molecule has 0 atom stereocenters. The molecule has 1 rings (SSSR count). The topological polar surface area (TPSA) is 29.5 Å². The number of hydrogen-bond donors (Lipinski definition) is 0. The van der Waals surface area contributed by atoms with Gasteiger partial charge in [0.05, 0.1) is 4.43 Å². The summed E-state index contributed by atoms with van der Waals surface area (Å²) in [6.07, 6.45) is 1.97. The van der Waals surface area contributed by atoms with Crippen LogP contribution in [0.2, 0.25) is 0 Å². The van der Waals surface area contributed by atoms with E-state index in [1.807, 2.05) is 11.9 Å². The molecule has 0 aromatic rings. The molecule has 1 heterocycles. The second-order valence-corrected chi connectivity index (χ2v) is 3.74. The average Bonchev–Trinajstić information content (AvgIpc) is 2.17. The summed E-state index contributed by atoms with van der Waals surface area (Å²) in [4.78, 5) is 13.1. The van der Waals surface area contributed by atoms with E-state index in [4.69, 9.17) is 4.74 Å². The summed E-state index contributed by atoms with van der Waals surface area (Å²) >= 11 is 2.10. The highest BCUT2D eigenvalue weighted by Crippen LogP contribution is 2.13. The molecule has 0 saturated carbocycles. The Morgan fingerprint density at radius 2 is 2.17 bits per heavy atom. The van der Waals surface area contributed by atoms with E-state index in [2.05, 4.69) is 22.6 Å². The van der Waals surface area contributed by atoms with E-state index < -0.39 is 0 Å². The van der Waals surface area contributed by atoms with E-state index in [-0.39, 0.29) is 5.91 Å². The Kier molecular flexibility index (Phi) is 4.28. The first-order valence-electron chi connectivity index (χ1n) is 4.15. The van der Waals surface area contributed by atoms with Crippen LogP contribution in [0.3, 0.4) is 0 Å². The maximum atomic E-state index is 11.3. The number of ether oxygens (including phenoxy) is 1. The van der Waals surface area contributed by atoms with Gasteiger partial charge in [0, 0.05) is 26.3 Å². The van der Waals surface area contributed by atoms with Crippen molar-refractivity contribution in [1.82, 2.24) is 4.90 Å². The summed E-state index contributed by atoms with van der Waals surface area (Å²) in [5, 5.41) is 0. The predicted octanol–water partition coefficient (Wildman–Crippen LogP) is 1.06. The lowest BCUT2D eigenvalue weighted by molar-refractivity contribution is -0.130. The van der Waals surface area contributed by atoms with Crippen LogP contribution in [0, 0.1) is 0 Å². The maximum absolute atomic E-state index is 11.3. The average molecular weight is 283 g/mol. The van der Waals surface area contributed by atoms with E-state index in [0.29, 0.717) is 10.5 Å². The standard InChI is InChI=1S/C8H14INO2/c1-10(8(11)6-9)7-2-4-12-5-3-7/h7H,2-6H2,1H3. The molecule has 0 radical (unpaired) electrons. The van der Waals surface area contributed by atoms with Crippen molar-refractivity contribution in [2.45, 2.75) is 18.9 Å². The van der Waals surface area contributed by atoms with Crippen molar-refractivity contribution >= 4 is 28.5 Å². The van der Waals surface area contributed by atoms with Gasteiger partial charge < -0.3 is 9.64 Å². The maximum Gasteiger partial charge on any atom is 0.232 e. The fourth-order valence-electron chi connectivity index (χ4n) is 1.37. The quantitative estimate of drug-likeness (QED) is 0.560. The van der Waals surface area contributed by atoms with E-state index in [1.54, 1.807) is 0 Å². The zero-order chi connectivity index (χ0) is 8.97. The second kappa shape index (κ2) is 5.01. The number of nitrogens with zero attached hydrogens (tertiary/aromatic N) is 1. The van der Waals surface area contributed by atoms with Gasteiger partial charge in [0.1, 0.15) is 0 Å². The van der Waals surface area contributed by atoms with Gasteiger partial charge >= 0.3 is 0 Å². The van der Waals surface area contributed by atoms with Crippen LogP contribution in [0.4, 0.5) is 0 Å². The van der Waals surface area contributed by atoms with Gasteiger partial charge in [-0.15, -0.1) is 0 Å². The SMILES string of the molecule is CN(C(=O)CI)C1CCOCC1. The first-order valence-corrected chi connectivity index (χ1v) is 5.67. The molecule has 0 aromatic carbocycles. The second-order valence-electron chi connectivity index (χ2n) is 2.98. The predicted molar refractivity (Wildman–Crippen MR) is 55.5 cm³/mol. The van der Waals surface area contributed by atoms with Crippen LogP contribution in [0.5, 0.6) is 0 Å². The molecule has 0 bridgehead atoms. The third-order valence-electron chi connectivity index (χ3n) is 2.25. The van der Waals surface area contributed by atoms with E-state index in [1.165, 1.54) is 0 Å². The molecular formula is C8H14INO2. The minimum absolute atomic E-state index is 0.225. The first kappa shape index (κ1) is 10.2. The summed E-state index contributed by atoms with van der Waals surface area (Å²) in [6.45, 7) is 1.59. The van der Waals surface area contributed by atoms with E-state index in [0.717, 1.165) is 26.1 Å². The van der Waals surface area contributed by atoms with Crippen molar-refractivity contribution in [2.24, 2.45) is 0 Å². The monoisotopic (exact) mass is 283 g/mol. The van der Waals surface area contributed by atoms with Gasteiger partial charge in [-0.1, -0.05) is 22.6 Å². The van der Waals surface area contributed by atoms with Crippen molar-refractivity contribution in [1.29, 1.82) is 0 Å². The molecule has 1 aliphatic rings. The molecule has 3 nitrogen and oxygen atoms in total. The van der Waals surface area contributed by atoms with E-state index in [9.17, 15) is 4.79 Å². The lowest BCUT2D eigenvalue weighted by atomic mass is 10.1. The van der Waals surface area contributed by atoms with Gasteiger partial charge in [-0.05, 0) is 12.8 Å². The number of carbonyl (C=O) groups is 1. The lowest BCUT2D eigenvalue weighted by Crippen LogP contribution is -2.41. The zero-order valence-corrected chi connectivity index (χ0v) is 9.41. The van der Waals surface area contributed by atoms with Crippen molar-refractivity contribution in [2.75, 3.05) is 24.7 Å². The molecule has 1 fully saturated rings. The van der Waals surface area contributed by atoms with Crippen LogP contribution in [0.1, 0.15) is 12.8 Å². The molecule has 1 amide bonds. The van der Waals surface area contributed by atoms with Crippen molar-refractivity contribution in [3.63, 3.8) is 0 Å². The van der Waals surface area contributed by atoms with Crippen LogP contribution in [-0.4, -0.2) is 41.5 Å². The van der Waals surface area contributed by atoms with Crippen LogP contribution < -0.4 is 0 Å². The van der Waals surface area contributed by atoms with Crippen molar-refractivity contribution in [3.8, 4) is 0 Å². The Labute approximate surface area is 86.6 Å². The van der Waals surface area contributed by atoms with Gasteiger partial charge in [0.15, 0.2) is 0 Å². The number of halogens is 1. The van der Waals surface area contributed by atoms with Crippen molar-refractivity contribution < 1.29 is 9.53 Å². The summed E-state index contributed by atoms with van der Waals surface area (Å²) in [5.74, 6) is 0.225. The summed E-state index contributed by atoms with van der Waals surface area (Å²) in [5.41, 5.74) is 0. The van der Waals surface area contributed by atoms with Crippen molar-refractivity contribution in [3.05, 3.63) is 0 Å². The number of hydrogen-bond acceptors (Lipinski definition) is 2. The molecule has 70 valence electrons. The molecule has 4 heteroatoms. The molecular weight excluding hydrogens is 269 g/mol. The highest BCUT2D eigenvalue weighted by atomic mass is 127. The Balaban J connectivity index is 2.39. The third-order valence-corrected chi connectivity index (χ3v) is 2.90. The Hall–Kier alpha value is 0.160. The zero-order valence-electron chi connectivity index (χ0n) is 7.25. The molecule has 0 aliphatic carbocycles. The van der Waals surface area contributed by atoms with Gasteiger partial charge in [0.2, 0.25) is 5.91 Å². The summed E-state index contributed by atoms with van der Waals surface area (Å²) < 4.78 is 5.80. The smallest absolute Gasteiger partial charge is 0.232 e. The molecule has 0 spiro atoms. The third kappa shape index (κ3) is 2.58. The number of alkyl halides is 1. The Morgan fingerprint density at radius 1 is 1.58 bits per heavy atom. The fraction of sp³-hybridized carbons (Fsp3) is 0.875. The highest BCUT2D eigenvalue weighted by Gasteiger charge is 2.21. The Bertz CT molecular complexity index is 157. The van der Waals surface area contributed by atoms with Crippen LogP contribution in [-0.2, 0) is 9.53 Å². The van der Waals surface area contributed by atoms with Crippen LogP contribution >= 0.6 is 22.6 Å². The number of amides is 1. The van der Waals surface area contributed by atoms with Gasteiger partial charge in [-0.3, -0.25) is 4.79 Å². The molecule has 0 aromatic heterocycles. The molecule has 12 heavy (non-hydrogen) atoms. The van der Waals surface area contributed by atoms with Crippen LogP contribution in [0.15, 0.2) is 0 Å². The summed E-state index contributed by atoms with van der Waals surface area (Å²) in [6, 6.07) is 0.404. The van der Waals surface area contributed by atoms with Gasteiger partial charge in [-0.25, -0.2) is 0 Å². The van der Waals surface area contributed by atoms with Gasteiger partial charge in [0.25, 0.3) is 0 Å². The largest absolute Gasteiger partial charge is 0.381 e. The lowest BCUT2D eigenvalue weighted by Gasteiger charge is -2.30. The van der Waals surface area contributed by atoms with Crippen LogP contribution in [0.25, 0.3) is 0 Å². The molecule has 1 aliphatic heterocycles. The normalized spacial score (nSPS) is 19.2. The number of carbonyl (C=O) groups excluding carboxylic acids is 1. The van der Waals surface area contributed by atoms with Gasteiger partial charge in [-0.2, -0.15) is 0 Å². The summed E-state index contributed by atoms with van der Waals surface area (Å²) in [7, 11) is 1.89. The van der Waals surface area contributed by atoms with E-state index >= 15 is 0 Å². The molecule has 0 unspecified atom stereocenters. The minimum Gasteiger partial charge on any atom is -0.381 e. The Morgan fingerprint density at radius 3 is 2.67 bits per heavy atom. The first-order chi connectivity index (χ1) is 5.75. The minimum atomic E-state index is 0.225. The highest BCUT2D eigenvalue weighted by molar-refractivity contribution is 14.1. The molecule has 1 saturated heterocycles.